The smallest absolute Gasteiger partial charge is 0.313 e. The first-order valence-electron chi connectivity index (χ1n) is 7.41. The van der Waals surface area contributed by atoms with Gasteiger partial charge in [-0.3, -0.25) is 9.59 Å². The fraction of sp³-hybridized carbons (Fsp3) is 0.294. The van der Waals surface area contributed by atoms with Crippen molar-refractivity contribution in [3.05, 3.63) is 54.0 Å². The minimum Gasteiger partial charge on any atom is -0.467 e. The molecule has 0 aliphatic rings. The number of furan rings is 1. The average molecular weight is 316 g/mol. The summed E-state index contributed by atoms with van der Waals surface area (Å²) in [7, 11) is 0. The van der Waals surface area contributed by atoms with Crippen molar-refractivity contribution in [2.45, 2.75) is 20.0 Å². The third kappa shape index (κ3) is 5.96. The van der Waals surface area contributed by atoms with E-state index >= 15 is 0 Å². The van der Waals surface area contributed by atoms with Crippen molar-refractivity contribution in [1.29, 1.82) is 0 Å². The second-order valence-electron chi connectivity index (χ2n) is 5.06. The monoisotopic (exact) mass is 316 g/mol. The van der Waals surface area contributed by atoms with Crippen LogP contribution in [0.5, 0.6) is 0 Å². The number of anilines is 1. The molecule has 0 saturated carbocycles. The summed E-state index contributed by atoms with van der Waals surface area (Å²) < 4.78 is 10.5. The first-order valence-corrected chi connectivity index (χ1v) is 7.41. The Balaban J connectivity index is 1.58. The maximum atomic E-state index is 11.7. The number of benzene rings is 1. The van der Waals surface area contributed by atoms with Crippen LogP contribution >= 0.6 is 0 Å². The summed E-state index contributed by atoms with van der Waals surface area (Å²) in [4.78, 5) is 23.4. The van der Waals surface area contributed by atoms with Crippen molar-refractivity contribution in [3.63, 3.8) is 0 Å². The molecule has 0 bridgehead atoms. The molecule has 0 aliphatic heterocycles. The molecule has 2 N–H and O–H groups in total. The first kappa shape index (κ1) is 16.8. The van der Waals surface area contributed by atoms with E-state index in [2.05, 4.69) is 10.6 Å². The maximum Gasteiger partial charge on any atom is 0.313 e. The first-order chi connectivity index (χ1) is 11.1. The molecule has 6 heteroatoms. The van der Waals surface area contributed by atoms with Crippen molar-refractivity contribution in [2.75, 3.05) is 18.5 Å². The van der Waals surface area contributed by atoms with E-state index in [4.69, 9.17) is 9.15 Å². The van der Waals surface area contributed by atoms with Crippen LogP contribution in [0.4, 0.5) is 5.69 Å². The van der Waals surface area contributed by atoms with Gasteiger partial charge in [-0.25, -0.2) is 0 Å². The molecule has 6 nitrogen and oxygen atoms in total. The second kappa shape index (κ2) is 8.75. The van der Waals surface area contributed by atoms with Crippen molar-refractivity contribution in [2.24, 2.45) is 0 Å². The standard InChI is InChI=1S/C17H20N2O4/c1-13-5-7-14(8-6-13)19-17(21)16(20)18-9-3-10-22-12-15-4-2-11-23-15/h2,4-8,11H,3,9-10,12H2,1H3,(H,18,20)(H,19,21). The number of hydrogen-bond acceptors (Lipinski definition) is 4. The molecule has 0 radical (unpaired) electrons. The predicted molar refractivity (Wildman–Crippen MR) is 85.8 cm³/mol. The van der Waals surface area contributed by atoms with Gasteiger partial charge in [0.05, 0.1) is 6.26 Å². The fourth-order valence-electron chi connectivity index (χ4n) is 1.85. The number of ether oxygens (including phenoxy) is 1. The molecule has 0 unspecified atom stereocenters. The second-order valence-corrected chi connectivity index (χ2v) is 5.06. The average Bonchev–Trinajstić information content (AvgIpc) is 3.06. The van der Waals surface area contributed by atoms with E-state index in [0.717, 1.165) is 11.3 Å². The van der Waals surface area contributed by atoms with Crippen LogP contribution in [0.3, 0.4) is 0 Å². The highest BCUT2D eigenvalue weighted by atomic mass is 16.5. The van der Waals surface area contributed by atoms with Crippen LogP contribution in [0.15, 0.2) is 47.1 Å². The molecule has 0 spiro atoms. The summed E-state index contributed by atoms with van der Waals surface area (Å²) in [6.07, 6.45) is 2.20. The Morgan fingerprint density at radius 1 is 1.13 bits per heavy atom. The zero-order valence-electron chi connectivity index (χ0n) is 13.0. The number of carbonyl (C=O) groups is 2. The van der Waals surface area contributed by atoms with E-state index in [1.165, 1.54) is 0 Å². The third-order valence-electron chi connectivity index (χ3n) is 3.09. The molecular formula is C17H20N2O4. The lowest BCUT2D eigenvalue weighted by Crippen LogP contribution is -2.36. The van der Waals surface area contributed by atoms with E-state index in [1.807, 2.05) is 25.1 Å². The molecule has 23 heavy (non-hydrogen) atoms. The normalized spacial score (nSPS) is 10.3. The quantitative estimate of drug-likeness (QED) is 0.606. The molecule has 2 amide bonds. The number of rotatable bonds is 7. The van der Waals surface area contributed by atoms with Gasteiger partial charge >= 0.3 is 11.8 Å². The molecule has 2 aromatic rings. The lowest BCUT2D eigenvalue weighted by Gasteiger charge is -2.07. The molecule has 1 aromatic carbocycles. The number of carbonyl (C=O) groups excluding carboxylic acids is 2. The number of amides is 2. The van der Waals surface area contributed by atoms with Gasteiger partial charge < -0.3 is 19.8 Å². The molecule has 122 valence electrons. The number of nitrogens with one attached hydrogen (secondary N) is 2. The molecule has 1 aromatic heterocycles. The Morgan fingerprint density at radius 3 is 2.61 bits per heavy atom. The number of aryl methyl sites for hydroxylation is 1. The minimum atomic E-state index is -0.676. The van der Waals surface area contributed by atoms with E-state index < -0.39 is 11.8 Å². The van der Waals surface area contributed by atoms with Gasteiger partial charge in [-0.05, 0) is 37.6 Å². The highest BCUT2D eigenvalue weighted by molar-refractivity contribution is 6.39. The summed E-state index contributed by atoms with van der Waals surface area (Å²) in [6, 6.07) is 10.9. The summed E-state index contributed by atoms with van der Waals surface area (Å²) in [5.74, 6) is -0.575. The SMILES string of the molecule is Cc1ccc(NC(=O)C(=O)NCCCOCc2ccco2)cc1. The molecule has 2 rings (SSSR count). The Morgan fingerprint density at radius 2 is 1.91 bits per heavy atom. The summed E-state index contributed by atoms with van der Waals surface area (Å²) in [5, 5.41) is 5.10. The van der Waals surface area contributed by atoms with Gasteiger partial charge in [0.2, 0.25) is 0 Å². The van der Waals surface area contributed by atoms with Crippen LogP contribution in [-0.2, 0) is 20.9 Å². The summed E-state index contributed by atoms with van der Waals surface area (Å²) >= 11 is 0. The molecule has 0 fully saturated rings. The highest BCUT2D eigenvalue weighted by Gasteiger charge is 2.12. The lowest BCUT2D eigenvalue weighted by molar-refractivity contribution is -0.136. The minimum absolute atomic E-state index is 0.373. The number of hydrogen-bond donors (Lipinski definition) is 2. The zero-order chi connectivity index (χ0) is 16.5. The van der Waals surface area contributed by atoms with E-state index in [-0.39, 0.29) is 0 Å². The van der Waals surface area contributed by atoms with Crippen LogP contribution in [-0.4, -0.2) is 25.0 Å². The van der Waals surface area contributed by atoms with E-state index in [1.54, 1.807) is 24.5 Å². The van der Waals surface area contributed by atoms with Crippen LogP contribution < -0.4 is 10.6 Å². The lowest BCUT2D eigenvalue weighted by atomic mass is 10.2. The molecular weight excluding hydrogens is 296 g/mol. The largest absolute Gasteiger partial charge is 0.467 e. The highest BCUT2D eigenvalue weighted by Crippen LogP contribution is 2.08. The Hall–Kier alpha value is -2.60. The van der Waals surface area contributed by atoms with Crippen LogP contribution in [0.1, 0.15) is 17.7 Å². The van der Waals surface area contributed by atoms with Crippen molar-refractivity contribution in [3.8, 4) is 0 Å². The molecule has 0 saturated heterocycles. The van der Waals surface area contributed by atoms with Gasteiger partial charge in [0.15, 0.2) is 0 Å². The fourth-order valence-corrected chi connectivity index (χ4v) is 1.85. The predicted octanol–water partition coefficient (Wildman–Crippen LogP) is 2.25. The van der Waals surface area contributed by atoms with Gasteiger partial charge in [-0.1, -0.05) is 17.7 Å². The van der Waals surface area contributed by atoms with Gasteiger partial charge in [0, 0.05) is 18.8 Å². The summed E-state index contributed by atoms with van der Waals surface area (Å²) in [6.45, 7) is 3.19. The molecule has 0 atom stereocenters. The molecule has 1 heterocycles. The van der Waals surface area contributed by atoms with Crippen molar-refractivity contribution < 1.29 is 18.7 Å². The van der Waals surface area contributed by atoms with Crippen LogP contribution in [0.25, 0.3) is 0 Å². The van der Waals surface area contributed by atoms with Gasteiger partial charge in [0.1, 0.15) is 12.4 Å². The van der Waals surface area contributed by atoms with Crippen molar-refractivity contribution >= 4 is 17.5 Å². The van der Waals surface area contributed by atoms with Crippen LogP contribution in [0.2, 0.25) is 0 Å². The van der Waals surface area contributed by atoms with E-state index in [9.17, 15) is 9.59 Å². The van der Waals surface area contributed by atoms with Gasteiger partial charge in [-0.2, -0.15) is 0 Å². The summed E-state index contributed by atoms with van der Waals surface area (Å²) in [5.41, 5.74) is 1.68. The third-order valence-corrected chi connectivity index (χ3v) is 3.09. The van der Waals surface area contributed by atoms with E-state index in [0.29, 0.717) is 31.9 Å². The Bertz CT molecular complexity index is 621. The zero-order valence-corrected chi connectivity index (χ0v) is 13.0. The van der Waals surface area contributed by atoms with Crippen molar-refractivity contribution in [1.82, 2.24) is 5.32 Å². The van der Waals surface area contributed by atoms with Gasteiger partial charge in [0.25, 0.3) is 0 Å². The maximum absolute atomic E-state index is 11.7. The topological polar surface area (TPSA) is 80.6 Å². The Kier molecular flexibility index (Phi) is 6.38. The van der Waals surface area contributed by atoms with Crippen LogP contribution in [0, 0.1) is 6.92 Å². The Labute approximate surface area is 134 Å². The van der Waals surface area contributed by atoms with Gasteiger partial charge in [-0.15, -0.1) is 0 Å². The molecule has 0 aliphatic carbocycles.